The van der Waals surface area contributed by atoms with Crippen molar-refractivity contribution in [2.45, 2.75) is 38.3 Å². The van der Waals surface area contributed by atoms with Gasteiger partial charge in [0.15, 0.2) is 6.17 Å². The van der Waals surface area contributed by atoms with Crippen LogP contribution in [0.25, 0.3) is 11.0 Å². The Morgan fingerprint density at radius 3 is 2.78 bits per heavy atom. The molecule has 4 heteroatoms. The molecule has 18 heavy (non-hydrogen) atoms. The number of aromatic nitrogens is 2. The van der Waals surface area contributed by atoms with Gasteiger partial charge in [-0.3, -0.25) is 0 Å². The first-order chi connectivity index (χ1) is 8.90. The van der Waals surface area contributed by atoms with Crippen molar-refractivity contribution >= 4 is 11.0 Å². The first-order valence-electron chi connectivity index (χ1n) is 6.64. The van der Waals surface area contributed by atoms with Gasteiger partial charge in [-0.15, -0.1) is 4.91 Å². The minimum Gasteiger partial charge on any atom is -0.304 e. The number of hydrogen-bond acceptors (Lipinski definition) is 3. The molecule has 1 heterocycles. The molecule has 1 fully saturated rings. The van der Waals surface area contributed by atoms with Crippen LogP contribution in [0.3, 0.4) is 0 Å². The van der Waals surface area contributed by atoms with Crippen LogP contribution < -0.4 is 0 Å². The second-order valence-corrected chi connectivity index (χ2v) is 5.06. The van der Waals surface area contributed by atoms with Crippen molar-refractivity contribution < 1.29 is 0 Å². The molecule has 2 aromatic rings. The molecule has 0 spiro atoms. The Labute approximate surface area is 106 Å². The molecular formula is C14H17N3O. The summed E-state index contributed by atoms with van der Waals surface area (Å²) in [6.45, 7) is 0. The smallest absolute Gasteiger partial charge is 0.171 e. The van der Waals surface area contributed by atoms with E-state index < -0.39 is 0 Å². The number of hydrogen-bond donors (Lipinski definition) is 0. The fourth-order valence-electron chi connectivity index (χ4n) is 2.99. The van der Waals surface area contributed by atoms with Gasteiger partial charge in [0.1, 0.15) is 0 Å². The Balaban J connectivity index is 1.97. The maximum Gasteiger partial charge on any atom is 0.171 e. The highest BCUT2D eigenvalue weighted by molar-refractivity contribution is 5.75. The van der Waals surface area contributed by atoms with E-state index in [0.717, 1.165) is 23.9 Å². The first kappa shape index (κ1) is 11.4. The van der Waals surface area contributed by atoms with Gasteiger partial charge in [0.05, 0.1) is 17.4 Å². The molecule has 1 aliphatic rings. The lowest BCUT2D eigenvalue weighted by Crippen LogP contribution is -2.19. The third kappa shape index (κ3) is 1.92. The van der Waals surface area contributed by atoms with E-state index in [-0.39, 0.29) is 6.17 Å². The van der Waals surface area contributed by atoms with Crippen LogP contribution in [-0.2, 0) is 0 Å². The minimum atomic E-state index is -0.294. The average molecular weight is 243 g/mol. The molecule has 0 aliphatic heterocycles. The zero-order chi connectivity index (χ0) is 12.4. The maximum atomic E-state index is 11.2. The molecule has 4 nitrogen and oxygen atoms in total. The van der Waals surface area contributed by atoms with Crippen molar-refractivity contribution in [3.63, 3.8) is 0 Å². The molecule has 1 saturated carbocycles. The van der Waals surface area contributed by atoms with Crippen molar-refractivity contribution in [3.8, 4) is 0 Å². The number of benzene rings is 1. The van der Waals surface area contributed by atoms with Gasteiger partial charge in [-0.1, -0.05) is 31.4 Å². The van der Waals surface area contributed by atoms with Crippen molar-refractivity contribution in [2.75, 3.05) is 0 Å². The quantitative estimate of drug-likeness (QED) is 0.768. The Morgan fingerprint density at radius 2 is 2.00 bits per heavy atom. The molecule has 0 bridgehead atoms. The zero-order valence-electron chi connectivity index (χ0n) is 10.3. The number of fused-ring (bicyclic) bond motifs is 1. The maximum absolute atomic E-state index is 11.2. The third-order valence-electron chi connectivity index (χ3n) is 3.95. The summed E-state index contributed by atoms with van der Waals surface area (Å²) in [4.78, 5) is 15.6. The summed E-state index contributed by atoms with van der Waals surface area (Å²) in [6.07, 6.45) is 7.37. The zero-order valence-corrected chi connectivity index (χ0v) is 10.3. The van der Waals surface area contributed by atoms with Gasteiger partial charge in [0.2, 0.25) is 0 Å². The Kier molecular flexibility index (Phi) is 3.09. The van der Waals surface area contributed by atoms with E-state index in [4.69, 9.17) is 0 Å². The molecule has 3 rings (SSSR count). The van der Waals surface area contributed by atoms with Gasteiger partial charge >= 0.3 is 0 Å². The molecule has 1 aromatic carbocycles. The number of nitrogens with zero attached hydrogens (tertiary/aromatic N) is 3. The van der Waals surface area contributed by atoms with Crippen LogP contribution in [0.1, 0.15) is 38.3 Å². The molecule has 0 amide bonds. The van der Waals surface area contributed by atoms with Crippen molar-refractivity contribution in [1.82, 2.24) is 9.55 Å². The number of para-hydroxylation sites is 2. The predicted molar refractivity (Wildman–Crippen MR) is 71.1 cm³/mol. The molecule has 1 aliphatic carbocycles. The van der Waals surface area contributed by atoms with E-state index in [1.54, 1.807) is 6.33 Å². The van der Waals surface area contributed by atoms with Crippen LogP contribution in [0, 0.1) is 10.8 Å². The lowest BCUT2D eigenvalue weighted by Gasteiger charge is -2.26. The number of nitroso groups, excluding NO2 is 1. The second-order valence-electron chi connectivity index (χ2n) is 5.06. The molecule has 1 unspecified atom stereocenters. The van der Waals surface area contributed by atoms with Crippen LogP contribution in [-0.4, -0.2) is 9.55 Å². The van der Waals surface area contributed by atoms with Crippen LogP contribution in [0.2, 0.25) is 0 Å². The van der Waals surface area contributed by atoms with E-state index in [9.17, 15) is 4.91 Å². The monoisotopic (exact) mass is 243 g/mol. The van der Waals surface area contributed by atoms with Crippen LogP contribution in [0.4, 0.5) is 0 Å². The molecule has 0 saturated heterocycles. The summed E-state index contributed by atoms with van der Waals surface area (Å²) in [5.41, 5.74) is 1.94. The Bertz CT molecular complexity index is 543. The lowest BCUT2D eigenvalue weighted by atomic mass is 9.87. The minimum absolute atomic E-state index is 0.294. The molecule has 0 N–H and O–H groups in total. The van der Waals surface area contributed by atoms with Crippen molar-refractivity contribution in [1.29, 1.82) is 0 Å². The highest BCUT2D eigenvalue weighted by atomic mass is 16.3. The topological polar surface area (TPSA) is 47.2 Å². The number of imidazole rings is 1. The van der Waals surface area contributed by atoms with Crippen molar-refractivity contribution in [3.05, 3.63) is 35.5 Å². The van der Waals surface area contributed by atoms with E-state index in [1.807, 2.05) is 28.8 Å². The van der Waals surface area contributed by atoms with Gasteiger partial charge in [0.25, 0.3) is 0 Å². The van der Waals surface area contributed by atoms with E-state index in [2.05, 4.69) is 10.2 Å². The average Bonchev–Trinajstić information content (AvgIpc) is 2.85. The lowest BCUT2D eigenvalue weighted by molar-refractivity contribution is 0.258. The Hall–Kier alpha value is -1.71. The number of rotatable bonds is 3. The van der Waals surface area contributed by atoms with Crippen molar-refractivity contribution in [2.24, 2.45) is 11.1 Å². The summed E-state index contributed by atoms with van der Waals surface area (Å²) in [7, 11) is 0. The molecule has 1 atom stereocenters. The summed E-state index contributed by atoms with van der Waals surface area (Å²) in [5.74, 6) is 0.369. The highest BCUT2D eigenvalue weighted by Crippen LogP contribution is 2.35. The first-order valence-corrected chi connectivity index (χ1v) is 6.64. The Morgan fingerprint density at radius 1 is 1.22 bits per heavy atom. The van der Waals surface area contributed by atoms with Gasteiger partial charge < -0.3 is 4.57 Å². The highest BCUT2D eigenvalue weighted by Gasteiger charge is 2.26. The van der Waals surface area contributed by atoms with Gasteiger partial charge in [-0.25, -0.2) is 4.98 Å². The normalized spacial score (nSPS) is 18.9. The largest absolute Gasteiger partial charge is 0.304 e. The fourth-order valence-corrected chi connectivity index (χ4v) is 2.99. The van der Waals surface area contributed by atoms with Crippen LogP contribution in [0.15, 0.2) is 35.8 Å². The molecule has 1 aromatic heterocycles. The molecule has 0 radical (unpaired) electrons. The SMILES string of the molecule is O=NC(C1CCCCC1)n1cnc2ccccc21. The van der Waals surface area contributed by atoms with Gasteiger partial charge in [-0.05, 0) is 30.2 Å². The van der Waals surface area contributed by atoms with E-state index in [1.165, 1.54) is 19.3 Å². The summed E-state index contributed by atoms with van der Waals surface area (Å²) < 4.78 is 1.94. The standard InChI is InChI=1S/C14H17N3O/c18-16-14(11-6-2-1-3-7-11)17-10-15-12-8-4-5-9-13(12)17/h4-5,8-11,14H,1-3,6-7H2. The molecular weight excluding hydrogens is 226 g/mol. The third-order valence-corrected chi connectivity index (χ3v) is 3.95. The van der Waals surface area contributed by atoms with Gasteiger partial charge in [-0.2, -0.15) is 0 Å². The van der Waals surface area contributed by atoms with E-state index >= 15 is 0 Å². The summed E-state index contributed by atoms with van der Waals surface area (Å²) in [6, 6.07) is 7.91. The second kappa shape index (κ2) is 4.88. The predicted octanol–water partition coefficient (Wildman–Crippen LogP) is 3.88. The van der Waals surface area contributed by atoms with E-state index in [0.29, 0.717) is 5.92 Å². The van der Waals surface area contributed by atoms with Crippen LogP contribution >= 0.6 is 0 Å². The van der Waals surface area contributed by atoms with Crippen LogP contribution in [0.5, 0.6) is 0 Å². The van der Waals surface area contributed by atoms with Gasteiger partial charge in [0, 0.05) is 5.92 Å². The fraction of sp³-hybridized carbons (Fsp3) is 0.500. The summed E-state index contributed by atoms with van der Waals surface area (Å²) in [5, 5.41) is 3.38. The molecule has 94 valence electrons. The summed E-state index contributed by atoms with van der Waals surface area (Å²) >= 11 is 0.